The van der Waals surface area contributed by atoms with Gasteiger partial charge in [-0.25, -0.2) is 4.52 Å². The fourth-order valence-corrected chi connectivity index (χ4v) is 1.79. The Kier molecular flexibility index (Phi) is 1.77. The lowest BCUT2D eigenvalue weighted by atomic mass is 9.87. The molecule has 0 spiro atoms. The van der Waals surface area contributed by atoms with Gasteiger partial charge in [-0.05, 0) is 17.5 Å². The van der Waals surface area contributed by atoms with Gasteiger partial charge in [0.1, 0.15) is 5.82 Å². The van der Waals surface area contributed by atoms with Crippen molar-refractivity contribution in [3.63, 3.8) is 0 Å². The third-order valence-corrected chi connectivity index (χ3v) is 2.32. The number of nitrogen functional groups attached to an aromatic ring is 1. The quantitative estimate of drug-likeness (QED) is 0.690. The highest BCUT2D eigenvalue weighted by atomic mass is 15.2. The lowest BCUT2D eigenvalue weighted by Crippen LogP contribution is -2.12. The zero-order chi connectivity index (χ0) is 10.3. The van der Waals surface area contributed by atoms with Gasteiger partial charge in [0.05, 0.1) is 5.52 Å². The lowest BCUT2D eigenvalue weighted by molar-refractivity contribution is 0.598. The Bertz CT molecular complexity index is 463. The van der Waals surface area contributed by atoms with Crippen LogP contribution in [-0.2, 0) is 5.41 Å². The molecule has 0 unspecified atom stereocenters. The van der Waals surface area contributed by atoms with Crippen molar-refractivity contribution < 1.29 is 0 Å². The van der Waals surface area contributed by atoms with E-state index in [4.69, 9.17) is 5.73 Å². The molecule has 0 radical (unpaired) electrons. The van der Waals surface area contributed by atoms with E-state index in [1.807, 2.05) is 28.9 Å². The van der Waals surface area contributed by atoms with Crippen molar-refractivity contribution in [2.45, 2.75) is 26.2 Å². The van der Waals surface area contributed by atoms with Crippen LogP contribution in [0.25, 0.3) is 5.52 Å². The minimum atomic E-state index is 0.0349. The largest absolute Gasteiger partial charge is 0.382 e. The van der Waals surface area contributed by atoms with Gasteiger partial charge in [-0.2, -0.15) is 5.10 Å². The minimum absolute atomic E-state index is 0.0349. The maximum absolute atomic E-state index is 5.91. The highest BCUT2D eigenvalue weighted by Gasteiger charge is 2.22. The molecule has 0 aliphatic carbocycles. The standard InChI is InChI=1S/C11H15N3/c1-11(2,3)9-8-6-4-5-7-14(8)13-10(9)12/h4-7H,1-3H3,(H2,12,13). The number of rotatable bonds is 0. The summed E-state index contributed by atoms with van der Waals surface area (Å²) in [6, 6.07) is 6.00. The molecule has 14 heavy (non-hydrogen) atoms. The third-order valence-electron chi connectivity index (χ3n) is 2.32. The maximum atomic E-state index is 5.91. The molecule has 0 atom stereocenters. The van der Waals surface area contributed by atoms with Gasteiger partial charge >= 0.3 is 0 Å². The van der Waals surface area contributed by atoms with E-state index >= 15 is 0 Å². The Labute approximate surface area is 83.5 Å². The number of hydrogen-bond acceptors (Lipinski definition) is 2. The summed E-state index contributed by atoms with van der Waals surface area (Å²) >= 11 is 0. The first-order valence-electron chi connectivity index (χ1n) is 4.73. The molecular formula is C11H15N3. The highest BCUT2D eigenvalue weighted by Crippen LogP contribution is 2.30. The monoisotopic (exact) mass is 189 g/mol. The van der Waals surface area contributed by atoms with E-state index in [1.54, 1.807) is 0 Å². The summed E-state index contributed by atoms with van der Waals surface area (Å²) in [5, 5.41) is 4.27. The normalized spacial score (nSPS) is 12.2. The molecule has 0 aliphatic heterocycles. The van der Waals surface area contributed by atoms with E-state index < -0.39 is 0 Å². The molecule has 3 nitrogen and oxygen atoms in total. The molecule has 2 rings (SSSR count). The topological polar surface area (TPSA) is 43.3 Å². The van der Waals surface area contributed by atoms with Gasteiger partial charge < -0.3 is 5.73 Å². The second-order valence-electron chi connectivity index (χ2n) is 4.54. The zero-order valence-corrected chi connectivity index (χ0v) is 8.78. The fourth-order valence-electron chi connectivity index (χ4n) is 1.79. The smallest absolute Gasteiger partial charge is 0.150 e. The third kappa shape index (κ3) is 1.25. The molecule has 2 aromatic rings. The van der Waals surface area contributed by atoms with E-state index in [0.717, 1.165) is 11.1 Å². The second kappa shape index (κ2) is 2.74. The summed E-state index contributed by atoms with van der Waals surface area (Å²) in [7, 11) is 0. The zero-order valence-electron chi connectivity index (χ0n) is 8.78. The molecule has 2 aromatic heterocycles. The van der Waals surface area contributed by atoms with Crippen molar-refractivity contribution in [2.24, 2.45) is 0 Å². The second-order valence-corrected chi connectivity index (χ2v) is 4.54. The molecule has 0 fully saturated rings. The average molecular weight is 189 g/mol. The van der Waals surface area contributed by atoms with E-state index in [2.05, 4.69) is 25.9 Å². The van der Waals surface area contributed by atoms with Gasteiger partial charge in [0, 0.05) is 11.8 Å². The van der Waals surface area contributed by atoms with E-state index in [-0.39, 0.29) is 5.41 Å². The summed E-state index contributed by atoms with van der Waals surface area (Å²) in [5.41, 5.74) is 8.16. The molecule has 2 heterocycles. The van der Waals surface area contributed by atoms with Crippen molar-refractivity contribution in [3.8, 4) is 0 Å². The Morgan fingerprint density at radius 2 is 2.00 bits per heavy atom. The Morgan fingerprint density at radius 3 is 2.64 bits per heavy atom. The lowest BCUT2D eigenvalue weighted by Gasteiger charge is -2.17. The van der Waals surface area contributed by atoms with Gasteiger partial charge in [-0.15, -0.1) is 0 Å². The molecule has 2 N–H and O–H groups in total. The van der Waals surface area contributed by atoms with Gasteiger partial charge in [-0.1, -0.05) is 26.8 Å². The van der Waals surface area contributed by atoms with Crippen LogP contribution in [0.3, 0.4) is 0 Å². The van der Waals surface area contributed by atoms with Crippen LogP contribution in [0, 0.1) is 0 Å². The first kappa shape index (κ1) is 9.06. The molecule has 0 aromatic carbocycles. The van der Waals surface area contributed by atoms with Crippen molar-refractivity contribution in [1.29, 1.82) is 0 Å². The van der Waals surface area contributed by atoms with Crippen LogP contribution in [0.15, 0.2) is 24.4 Å². The average Bonchev–Trinajstić information content (AvgIpc) is 2.38. The summed E-state index contributed by atoms with van der Waals surface area (Å²) in [6.45, 7) is 6.44. The molecule has 0 saturated heterocycles. The number of hydrogen-bond donors (Lipinski definition) is 1. The SMILES string of the molecule is CC(C)(C)c1c(N)nn2ccccc12. The number of nitrogens with zero attached hydrogens (tertiary/aromatic N) is 2. The van der Waals surface area contributed by atoms with E-state index in [1.165, 1.54) is 0 Å². The molecule has 0 aliphatic rings. The van der Waals surface area contributed by atoms with Gasteiger partial charge in [0.15, 0.2) is 0 Å². The van der Waals surface area contributed by atoms with Crippen LogP contribution >= 0.6 is 0 Å². The predicted octanol–water partition coefficient (Wildman–Crippen LogP) is 2.21. The fraction of sp³-hybridized carbons (Fsp3) is 0.364. The van der Waals surface area contributed by atoms with Crippen molar-refractivity contribution in [2.75, 3.05) is 5.73 Å². The molecule has 0 bridgehead atoms. The van der Waals surface area contributed by atoms with Gasteiger partial charge in [0.2, 0.25) is 0 Å². The number of nitrogens with two attached hydrogens (primary N) is 1. The summed E-state index contributed by atoms with van der Waals surface area (Å²) in [6.07, 6.45) is 1.92. The Hall–Kier alpha value is -1.51. The number of pyridine rings is 1. The van der Waals surface area contributed by atoms with Gasteiger partial charge in [0.25, 0.3) is 0 Å². The first-order valence-corrected chi connectivity index (χ1v) is 4.73. The summed E-state index contributed by atoms with van der Waals surface area (Å²) in [5.74, 6) is 0.628. The van der Waals surface area contributed by atoms with Crippen LogP contribution in [0.4, 0.5) is 5.82 Å². The first-order chi connectivity index (χ1) is 6.50. The van der Waals surface area contributed by atoms with Crippen molar-refractivity contribution in [1.82, 2.24) is 9.61 Å². The van der Waals surface area contributed by atoms with Crippen molar-refractivity contribution >= 4 is 11.3 Å². The van der Waals surface area contributed by atoms with Crippen molar-refractivity contribution in [3.05, 3.63) is 30.0 Å². The molecular weight excluding hydrogens is 174 g/mol. The van der Waals surface area contributed by atoms with E-state index in [0.29, 0.717) is 5.82 Å². The number of fused-ring (bicyclic) bond motifs is 1. The van der Waals surface area contributed by atoms with Crippen LogP contribution in [-0.4, -0.2) is 9.61 Å². The van der Waals surface area contributed by atoms with Crippen LogP contribution < -0.4 is 5.73 Å². The Morgan fingerprint density at radius 1 is 1.29 bits per heavy atom. The number of aromatic nitrogens is 2. The molecule has 0 saturated carbocycles. The molecule has 0 amide bonds. The predicted molar refractivity (Wildman–Crippen MR) is 58.3 cm³/mol. The van der Waals surface area contributed by atoms with Crippen LogP contribution in [0.1, 0.15) is 26.3 Å². The Balaban J connectivity index is 2.81. The number of anilines is 1. The summed E-state index contributed by atoms with van der Waals surface area (Å²) < 4.78 is 1.83. The minimum Gasteiger partial charge on any atom is -0.382 e. The van der Waals surface area contributed by atoms with Crippen LogP contribution in [0.5, 0.6) is 0 Å². The maximum Gasteiger partial charge on any atom is 0.150 e. The van der Waals surface area contributed by atoms with Crippen LogP contribution in [0.2, 0.25) is 0 Å². The summed E-state index contributed by atoms with van der Waals surface area (Å²) in [4.78, 5) is 0. The molecule has 3 heteroatoms. The van der Waals surface area contributed by atoms with E-state index in [9.17, 15) is 0 Å². The van der Waals surface area contributed by atoms with Gasteiger partial charge in [-0.3, -0.25) is 0 Å². The molecule has 74 valence electrons. The highest BCUT2D eigenvalue weighted by molar-refractivity contribution is 5.66.